The van der Waals surface area contributed by atoms with Crippen LogP contribution < -0.4 is 5.32 Å². The van der Waals surface area contributed by atoms with Crippen molar-refractivity contribution in [1.82, 2.24) is 0 Å². The molecule has 1 rings (SSSR count). The van der Waals surface area contributed by atoms with E-state index in [0.29, 0.717) is 0 Å². The van der Waals surface area contributed by atoms with Gasteiger partial charge in [0.2, 0.25) is 5.91 Å². The minimum absolute atomic E-state index is 0.0257. The van der Waals surface area contributed by atoms with Gasteiger partial charge in [0.1, 0.15) is 0 Å². The van der Waals surface area contributed by atoms with Crippen molar-refractivity contribution < 1.29 is 4.79 Å². The molecule has 0 atom stereocenters. The van der Waals surface area contributed by atoms with Gasteiger partial charge in [-0.05, 0) is 18.4 Å². The summed E-state index contributed by atoms with van der Waals surface area (Å²) in [4.78, 5) is 12.0. The van der Waals surface area contributed by atoms with E-state index in [0.717, 1.165) is 15.7 Å². The van der Waals surface area contributed by atoms with Gasteiger partial charge in [0.05, 0.1) is 5.69 Å². The normalized spacial score (nSPS) is 9.86. The highest BCUT2D eigenvalue weighted by Gasteiger charge is 2.02. The predicted molar refractivity (Wildman–Crippen MR) is 65.0 cm³/mol. The highest BCUT2D eigenvalue weighted by atomic mass is 32.2. The second-order valence-corrected chi connectivity index (χ2v) is 4.98. The Bertz CT molecular complexity index is 315. The van der Waals surface area contributed by atoms with Crippen LogP contribution >= 0.6 is 23.5 Å². The molecule has 0 saturated heterocycles. The molecular weight excluding hydrogens is 214 g/mol. The maximum absolute atomic E-state index is 10.9. The van der Waals surface area contributed by atoms with E-state index in [4.69, 9.17) is 0 Å². The number of amides is 1. The SMILES string of the molecule is CSCSc1ccccc1NC(C)=O. The van der Waals surface area contributed by atoms with Crippen molar-refractivity contribution in [3.05, 3.63) is 24.3 Å². The Morgan fingerprint density at radius 3 is 2.79 bits per heavy atom. The molecule has 0 bridgehead atoms. The van der Waals surface area contributed by atoms with Crippen molar-refractivity contribution in [2.75, 3.05) is 16.7 Å². The zero-order chi connectivity index (χ0) is 10.4. The number of nitrogens with one attached hydrogen (secondary N) is 1. The maximum Gasteiger partial charge on any atom is 0.221 e. The van der Waals surface area contributed by atoms with Crippen LogP contribution in [0.2, 0.25) is 0 Å². The van der Waals surface area contributed by atoms with Crippen LogP contribution in [0.15, 0.2) is 29.2 Å². The Morgan fingerprint density at radius 1 is 1.43 bits per heavy atom. The molecule has 14 heavy (non-hydrogen) atoms. The van der Waals surface area contributed by atoms with Crippen molar-refractivity contribution in [3.8, 4) is 0 Å². The van der Waals surface area contributed by atoms with E-state index in [2.05, 4.69) is 11.6 Å². The fourth-order valence-electron chi connectivity index (χ4n) is 1.01. The van der Waals surface area contributed by atoms with Gasteiger partial charge < -0.3 is 5.32 Å². The van der Waals surface area contributed by atoms with E-state index in [9.17, 15) is 4.79 Å². The third-order valence-corrected chi connectivity index (χ3v) is 3.61. The smallest absolute Gasteiger partial charge is 0.221 e. The van der Waals surface area contributed by atoms with Crippen molar-refractivity contribution in [2.24, 2.45) is 0 Å². The van der Waals surface area contributed by atoms with Crippen LogP contribution in [-0.2, 0) is 4.79 Å². The first-order chi connectivity index (χ1) is 6.74. The van der Waals surface area contributed by atoms with Crippen LogP contribution in [0.4, 0.5) is 5.69 Å². The molecule has 0 radical (unpaired) electrons. The van der Waals surface area contributed by atoms with E-state index in [-0.39, 0.29) is 5.91 Å². The molecule has 1 amide bonds. The molecule has 0 heterocycles. The Labute approximate surface area is 92.8 Å². The first kappa shape index (κ1) is 11.5. The van der Waals surface area contributed by atoms with Gasteiger partial charge in [-0.3, -0.25) is 4.79 Å². The molecule has 0 aromatic heterocycles. The molecule has 0 aliphatic carbocycles. The maximum atomic E-state index is 10.9. The second kappa shape index (κ2) is 5.98. The van der Waals surface area contributed by atoms with Gasteiger partial charge in [-0.2, -0.15) is 11.8 Å². The lowest BCUT2D eigenvalue weighted by Gasteiger charge is -2.07. The Hall–Kier alpha value is -0.610. The number of rotatable bonds is 4. The Balaban J connectivity index is 2.74. The van der Waals surface area contributed by atoms with Gasteiger partial charge in [-0.1, -0.05) is 12.1 Å². The minimum atomic E-state index is -0.0257. The second-order valence-electron chi connectivity index (χ2n) is 2.73. The molecule has 0 saturated carbocycles. The summed E-state index contributed by atoms with van der Waals surface area (Å²) < 4.78 is 0. The molecule has 1 N–H and O–H groups in total. The van der Waals surface area contributed by atoms with Gasteiger partial charge in [0.25, 0.3) is 0 Å². The predicted octanol–water partition coefficient (Wildman–Crippen LogP) is 3.06. The van der Waals surface area contributed by atoms with E-state index in [1.54, 1.807) is 23.5 Å². The largest absolute Gasteiger partial charge is 0.325 e. The van der Waals surface area contributed by atoms with Gasteiger partial charge in [0.15, 0.2) is 0 Å². The molecule has 4 heteroatoms. The number of benzene rings is 1. The van der Waals surface area contributed by atoms with Crippen LogP contribution in [-0.4, -0.2) is 17.2 Å². The Morgan fingerprint density at radius 2 is 2.14 bits per heavy atom. The van der Waals surface area contributed by atoms with Gasteiger partial charge in [-0.15, -0.1) is 11.8 Å². The summed E-state index contributed by atoms with van der Waals surface area (Å²) in [5.74, 6) is -0.0257. The topological polar surface area (TPSA) is 29.1 Å². The fourth-order valence-corrected chi connectivity index (χ4v) is 2.44. The third kappa shape index (κ3) is 3.64. The van der Waals surface area contributed by atoms with E-state index >= 15 is 0 Å². The number of carbonyl (C=O) groups excluding carboxylic acids is 1. The highest BCUT2D eigenvalue weighted by Crippen LogP contribution is 2.28. The van der Waals surface area contributed by atoms with Crippen molar-refractivity contribution in [1.29, 1.82) is 0 Å². The van der Waals surface area contributed by atoms with Crippen LogP contribution in [0.5, 0.6) is 0 Å². The first-order valence-corrected chi connectivity index (χ1v) is 6.60. The summed E-state index contributed by atoms with van der Waals surface area (Å²) in [6, 6.07) is 7.85. The quantitative estimate of drug-likeness (QED) is 0.633. The molecule has 0 unspecified atom stereocenters. The molecule has 1 aromatic rings. The average Bonchev–Trinajstić information content (AvgIpc) is 2.16. The standard InChI is InChI=1S/C10H13NOS2/c1-8(12)11-9-5-3-4-6-10(9)14-7-13-2/h3-6H,7H2,1-2H3,(H,11,12). The lowest BCUT2D eigenvalue weighted by molar-refractivity contribution is -0.114. The average molecular weight is 227 g/mol. The van der Waals surface area contributed by atoms with Crippen molar-refractivity contribution in [2.45, 2.75) is 11.8 Å². The summed E-state index contributed by atoms with van der Waals surface area (Å²) in [6.45, 7) is 1.52. The lowest BCUT2D eigenvalue weighted by atomic mass is 10.3. The molecule has 0 fully saturated rings. The number of thioether (sulfide) groups is 2. The Kier molecular flexibility index (Phi) is 4.90. The zero-order valence-electron chi connectivity index (χ0n) is 8.24. The fraction of sp³-hybridized carbons (Fsp3) is 0.300. The van der Waals surface area contributed by atoms with E-state index in [1.807, 2.05) is 24.3 Å². The van der Waals surface area contributed by atoms with Crippen molar-refractivity contribution in [3.63, 3.8) is 0 Å². The van der Waals surface area contributed by atoms with Crippen LogP contribution in [0.1, 0.15) is 6.92 Å². The molecule has 1 aromatic carbocycles. The molecule has 2 nitrogen and oxygen atoms in total. The molecule has 0 aliphatic rings. The number of anilines is 1. The third-order valence-electron chi connectivity index (χ3n) is 1.53. The van der Waals surface area contributed by atoms with Crippen LogP contribution in [0.25, 0.3) is 0 Å². The number of hydrogen-bond donors (Lipinski definition) is 1. The summed E-state index contributed by atoms with van der Waals surface area (Å²) in [6.07, 6.45) is 2.06. The highest BCUT2D eigenvalue weighted by molar-refractivity contribution is 8.15. The summed E-state index contributed by atoms with van der Waals surface area (Å²) >= 11 is 3.51. The molecule has 76 valence electrons. The van der Waals surface area contributed by atoms with Crippen molar-refractivity contribution >= 4 is 35.1 Å². The monoisotopic (exact) mass is 227 g/mol. The lowest BCUT2D eigenvalue weighted by Crippen LogP contribution is -2.06. The molecule has 0 aliphatic heterocycles. The van der Waals surface area contributed by atoms with E-state index in [1.165, 1.54) is 6.92 Å². The van der Waals surface area contributed by atoms with E-state index < -0.39 is 0 Å². The number of carbonyl (C=O) groups is 1. The molecular formula is C10H13NOS2. The van der Waals surface area contributed by atoms with Crippen LogP contribution in [0, 0.1) is 0 Å². The number of hydrogen-bond acceptors (Lipinski definition) is 3. The zero-order valence-corrected chi connectivity index (χ0v) is 9.87. The number of para-hydroxylation sites is 1. The van der Waals surface area contributed by atoms with Gasteiger partial charge >= 0.3 is 0 Å². The summed E-state index contributed by atoms with van der Waals surface area (Å²) in [5, 5.41) is 3.81. The summed E-state index contributed by atoms with van der Waals surface area (Å²) in [7, 11) is 0. The molecule has 0 spiro atoms. The van der Waals surface area contributed by atoms with Gasteiger partial charge in [0, 0.05) is 16.9 Å². The van der Waals surface area contributed by atoms with Gasteiger partial charge in [-0.25, -0.2) is 0 Å². The first-order valence-electron chi connectivity index (χ1n) is 4.22. The minimum Gasteiger partial charge on any atom is -0.325 e. The summed E-state index contributed by atoms with van der Waals surface area (Å²) in [5.41, 5.74) is 0.902. The van der Waals surface area contributed by atoms with Crippen LogP contribution in [0.3, 0.4) is 0 Å².